The van der Waals surface area contributed by atoms with Gasteiger partial charge in [-0.3, -0.25) is 9.59 Å². The smallest absolute Gasteiger partial charge is 0.252 e. The molecule has 1 aliphatic rings. The number of carbonyl (C=O) groups is 2. The van der Waals surface area contributed by atoms with E-state index in [1.54, 1.807) is 24.3 Å². The molecule has 1 atom stereocenters. The summed E-state index contributed by atoms with van der Waals surface area (Å²) < 4.78 is 54.7. The first-order valence-electron chi connectivity index (χ1n) is 10.1. The number of aryl methyl sites for hydroxylation is 1. The average molecular weight is 470 g/mol. The Morgan fingerprint density at radius 2 is 1.42 bits per heavy atom. The van der Waals surface area contributed by atoms with Gasteiger partial charge < -0.3 is 0 Å². The maximum Gasteiger partial charge on any atom is 0.252 e. The quantitative estimate of drug-likeness (QED) is 0.514. The van der Waals surface area contributed by atoms with Gasteiger partial charge in [0.2, 0.25) is 15.9 Å². The molecule has 0 aliphatic carbocycles. The largest absolute Gasteiger partial charge is 0.274 e. The molecule has 1 fully saturated rings. The first-order chi connectivity index (χ1) is 15.7. The highest BCUT2D eigenvalue weighted by Gasteiger charge is 2.47. The predicted octanol–water partition coefficient (Wildman–Crippen LogP) is 3.80. The standard InChI is InChI=1S/C24H20F2N2O4S/c1-16-2-10-20(11-3-16)28-23(29)14-22(24(28)30)27(15-17-4-6-18(25)7-5-17)33(31,32)21-12-8-19(26)9-13-21/h2-13,22H,14-15H2,1H3. The molecular weight excluding hydrogens is 450 g/mol. The van der Waals surface area contributed by atoms with E-state index in [2.05, 4.69) is 0 Å². The first-order valence-corrected chi connectivity index (χ1v) is 11.6. The molecule has 170 valence electrons. The molecule has 33 heavy (non-hydrogen) atoms. The van der Waals surface area contributed by atoms with Crippen molar-refractivity contribution in [2.75, 3.05) is 4.90 Å². The van der Waals surface area contributed by atoms with Gasteiger partial charge in [0.1, 0.15) is 17.7 Å². The summed E-state index contributed by atoms with van der Waals surface area (Å²) in [5, 5.41) is 0. The molecular formula is C24H20F2N2O4S. The van der Waals surface area contributed by atoms with Gasteiger partial charge in [0.05, 0.1) is 17.0 Å². The Morgan fingerprint density at radius 3 is 2.00 bits per heavy atom. The maximum absolute atomic E-state index is 13.5. The van der Waals surface area contributed by atoms with Crippen molar-refractivity contribution in [2.24, 2.45) is 0 Å². The number of rotatable bonds is 6. The van der Waals surface area contributed by atoms with Crippen molar-refractivity contribution >= 4 is 27.5 Å². The van der Waals surface area contributed by atoms with Crippen LogP contribution in [0.1, 0.15) is 17.5 Å². The molecule has 1 saturated heterocycles. The lowest BCUT2D eigenvalue weighted by Crippen LogP contribution is -2.45. The summed E-state index contributed by atoms with van der Waals surface area (Å²) in [7, 11) is -4.31. The number of amides is 2. The van der Waals surface area contributed by atoms with E-state index in [1.807, 2.05) is 6.92 Å². The zero-order valence-electron chi connectivity index (χ0n) is 17.6. The van der Waals surface area contributed by atoms with E-state index in [1.165, 1.54) is 24.3 Å². The normalized spacial score (nSPS) is 16.6. The van der Waals surface area contributed by atoms with Crippen LogP contribution in [0, 0.1) is 18.6 Å². The van der Waals surface area contributed by atoms with Crippen molar-refractivity contribution in [2.45, 2.75) is 30.8 Å². The van der Waals surface area contributed by atoms with E-state index < -0.39 is 39.5 Å². The van der Waals surface area contributed by atoms with Crippen LogP contribution in [0.4, 0.5) is 14.5 Å². The Labute approximate surface area is 190 Å². The molecule has 3 aromatic rings. The fraction of sp³-hybridized carbons (Fsp3) is 0.167. The topological polar surface area (TPSA) is 74.8 Å². The third-order valence-corrected chi connectivity index (χ3v) is 7.30. The van der Waals surface area contributed by atoms with Crippen LogP contribution in [0.3, 0.4) is 0 Å². The average Bonchev–Trinajstić information content (AvgIpc) is 3.07. The zero-order chi connectivity index (χ0) is 23.8. The van der Waals surface area contributed by atoms with E-state index in [0.717, 1.165) is 39.0 Å². The second kappa shape index (κ2) is 8.84. The molecule has 3 aromatic carbocycles. The van der Waals surface area contributed by atoms with Gasteiger partial charge in [-0.1, -0.05) is 29.8 Å². The van der Waals surface area contributed by atoms with Crippen LogP contribution < -0.4 is 4.90 Å². The number of imide groups is 1. The van der Waals surface area contributed by atoms with Crippen LogP contribution >= 0.6 is 0 Å². The number of nitrogens with zero attached hydrogens (tertiary/aromatic N) is 2. The molecule has 0 bridgehead atoms. The summed E-state index contributed by atoms with van der Waals surface area (Å²) in [6.45, 7) is 1.59. The van der Waals surface area contributed by atoms with Crippen molar-refractivity contribution in [3.63, 3.8) is 0 Å². The summed E-state index contributed by atoms with van der Waals surface area (Å²) in [6, 6.07) is 14.8. The third kappa shape index (κ3) is 4.55. The summed E-state index contributed by atoms with van der Waals surface area (Å²) >= 11 is 0. The lowest BCUT2D eigenvalue weighted by molar-refractivity contribution is -0.122. The van der Waals surface area contributed by atoms with Crippen LogP contribution in [-0.4, -0.2) is 30.6 Å². The molecule has 0 N–H and O–H groups in total. The SMILES string of the molecule is Cc1ccc(N2C(=O)CC(N(Cc3ccc(F)cc3)S(=O)(=O)c3ccc(F)cc3)C2=O)cc1. The second-order valence-corrected chi connectivity index (χ2v) is 9.64. The summed E-state index contributed by atoms with van der Waals surface area (Å²) in [4.78, 5) is 26.8. The minimum atomic E-state index is -4.31. The molecule has 6 nitrogen and oxygen atoms in total. The lowest BCUT2D eigenvalue weighted by Gasteiger charge is -2.27. The molecule has 1 unspecified atom stereocenters. The minimum Gasteiger partial charge on any atom is -0.274 e. The van der Waals surface area contributed by atoms with Crippen LogP contribution in [-0.2, 0) is 26.2 Å². The van der Waals surface area contributed by atoms with Crippen LogP contribution in [0.2, 0.25) is 0 Å². The van der Waals surface area contributed by atoms with Gasteiger partial charge in [-0.15, -0.1) is 0 Å². The molecule has 1 heterocycles. The molecule has 0 aromatic heterocycles. The molecule has 2 amide bonds. The Hall–Kier alpha value is -3.43. The number of benzene rings is 3. The highest BCUT2D eigenvalue weighted by molar-refractivity contribution is 7.89. The van der Waals surface area contributed by atoms with E-state index in [-0.39, 0.29) is 17.9 Å². The van der Waals surface area contributed by atoms with Crippen LogP contribution in [0.5, 0.6) is 0 Å². The van der Waals surface area contributed by atoms with E-state index in [9.17, 15) is 26.8 Å². The zero-order valence-corrected chi connectivity index (χ0v) is 18.4. The molecule has 0 saturated carbocycles. The predicted molar refractivity (Wildman–Crippen MR) is 118 cm³/mol. The number of halogens is 2. The van der Waals surface area contributed by atoms with Crippen LogP contribution in [0.15, 0.2) is 77.7 Å². The van der Waals surface area contributed by atoms with Crippen molar-refractivity contribution in [3.8, 4) is 0 Å². The van der Waals surface area contributed by atoms with Gasteiger partial charge in [0.25, 0.3) is 5.91 Å². The van der Waals surface area contributed by atoms with E-state index in [0.29, 0.717) is 11.3 Å². The maximum atomic E-state index is 13.5. The summed E-state index contributed by atoms with van der Waals surface area (Å²) in [5.41, 5.74) is 1.71. The molecule has 4 rings (SSSR count). The van der Waals surface area contributed by atoms with Crippen molar-refractivity contribution < 1.29 is 26.8 Å². The molecule has 9 heteroatoms. The Morgan fingerprint density at radius 1 is 0.879 bits per heavy atom. The van der Waals surface area contributed by atoms with Gasteiger partial charge in [-0.2, -0.15) is 4.31 Å². The third-order valence-electron chi connectivity index (χ3n) is 5.43. The Kier molecular flexibility index (Phi) is 6.09. The van der Waals surface area contributed by atoms with Crippen molar-refractivity contribution in [1.82, 2.24) is 4.31 Å². The van der Waals surface area contributed by atoms with Gasteiger partial charge in [0, 0.05) is 6.54 Å². The highest BCUT2D eigenvalue weighted by atomic mass is 32.2. The molecule has 1 aliphatic heterocycles. The second-order valence-electron chi connectivity index (χ2n) is 7.75. The first kappa shape index (κ1) is 22.8. The summed E-state index contributed by atoms with van der Waals surface area (Å²) in [5.74, 6) is -2.33. The van der Waals surface area contributed by atoms with E-state index >= 15 is 0 Å². The van der Waals surface area contributed by atoms with Crippen molar-refractivity contribution in [3.05, 3.63) is 95.6 Å². The van der Waals surface area contributed by atoms with Crippen molar-refractivity contribution in [1.29, 1.82) is 0 Å². The lowest BCUT2D eigenvalue weighted by atomic mass is 10.2. The number of sulfonamides is 1. The molecule has 0 spiro atoms. The molecule has 0 radical (unpaired) electrons. The van der Waals surface area contributed by atoms with Gasteiger partial charge in [0.15, 0.2) is 0 Å². The highest BCUT2D eigenvalue weighted by Crippen LogP contribution is 2.31. The fourth-order valence-electron chi connectivity index (χ4n) is 3.68. The number of hydrogen-bond donors (Lipinski definition) is 0. The van der Waals surface area contributed by atoms with Gasteiger partial charge in [-0.05, 0) is 61.0 Å². The fourth-order valence-corrected chi connectivity index (χ4v) is 5.25. The monoisotopic (exact) mass is 470 g/mol. The Balaban J connectivity index is 1.74. The minimum absolute atomic E-state index is 0.222. The van der Waals surface area contributed by atoms with Gasteiger partial charge in [-0.25, -0.2) is 22.1 Å². The number of carbonyl (C=O) groups excluding carboxylic acids is 2. The number of anilines is 1. The number of hydrogen-bond acceptors (Lipinski definition) is 4. The van der Waals surface area contributed by atoms with E-state index in [4.69, 9.17) is 0 Å². The summed E-state index contributed by atoms with van der Waals surface area (Å²) in [6.07, 6.45) is -0.353. The van der Waals surface area contributed by atoms with Crippen LogP contribution in [0.25, 0.3) is 0 Å². The van der Waals surface area contributed by atoms with Gasteiger partial charge >= 0.3 is 0 Å². The Bertz CT molecular complexity index is 1290.